The van der Waals surface area contributed by atoms with E-state index in [1.54, 1.807) is 6.07 Å². The number of aromatic carboxylic acids is 1. The largest absolute Gasteiger partial charge is 0.491 e. The fraction of sp³-hybridized carbons (Fsp3) is 0.294. The molecule has 0 bridgehead atoms. The molecule has 1 aromatic carbocycles. The smallest absolute Gasteiger partial charge is 0.341 e. The summed E-state index contributed by atoms with van der Waals surface area (Å²) in [5, 5.41) is 9.78. The minimum absolute atomic E-state index is 0.0600. The zero-order valence-electron chi connectivity index (χ0n) is 12.8. The molecule has 1 atom stereocenters. The quantitative estimate of drug-likeness (QED) is 0.913. The van der Waals surface area contributed by atoms with Gasteiger partial charge in [-0.3, -0.25) is 4.79 Å². The predicted octanol–water partition coefficient (Wildman–Crippen LogP) is 3.52. The molecule has 1 aliphatic rings. The van der Waals surface area contributed by atoms with E-state index in [9.17, 15) is 14.7 Å². The van der Waals surface area contributed by atoms with E-state index in [4.69, 9.17) is 16.3 Å². The summed E-state index contributed by atoms with van der Waals surface area (Å²) in [6.45, 7) is 4.28. The summed E-state index contributed by atoms with van der Waals surface area (Å²) in [4.78, 5) is 23.4. The molecule has 2 heterocycles. The predicted molar refractivity (Wildman–Crippen MR) is 87.7 cm³/mol. The first-order chi connectivity index (χ1) is 10.9. The van der Waals surface area contributed by atoms with Gasteiger partial charge in [0, 0.05) is 22.8 Å². The molecule has 1 N–H and O–H groups in total. The average molecular weight is 334 g/mol. The van der Waals surface area contributed by atoms with Crippen molar-refractivity contribution in [3.63, 3.8) is 0 Å². The molecule has 0 spiro atoms. The first-order valence-electron chi connectivity index (χ1n) is 7.35. The maximum Gasteiger partial charge on any atom is 0.341 e. The van der Waals surface area contributed by atoms with Crippen molar-refractivity contribution < 1.29 is 14.6 Å². The SMILES string of the molecule is CCC1COc2cc(C)c(Cl)cc2-c2cc(=O)c(C(=O)O)cn21. The normalized spacial score (nSPS) is 16.0. The first kappa shape index (κ1) is 15.6. The van der Waals surface area contributed by atoms with Gasteiger partial charge in [-0.15, -0.1) is 0 Å². The molecule has 23 heavy (non-hydrogen) atoms. The van der Waals surface area contributed by atoms with Gasteiger partial charge in [0.25, 0.3) is 0 Å². The number of aromatic nitrogens is 1. The molecule has 3 rings (SSSR count). The molecule has 1 aliphatic heterocycles. The summed E-state index contributed by atoms with van der Waals surface area (Å²) in [5.41, 5.74) is 1.44. The van der Waals surface area contributed by atoms with Crippen molar-refractivity contribution >= 4 is 17.6 Å². The highest BCUT2D eigenvalue weighted by molar-refractivity contribution is 6.31. The fourth-order valence-corrected chi connectivity index (χ4v) is 2.95. The van der Waals surface area contributed by atoms with Gasteiger partial charge in [-0.2, -0.15) is 0 Å². The third kappa shape index (κ3) is 2.61. The van der Waals surface area contributed by atoms with Crippen LogP contribution in [0.25, 0.3) is 11.3 Å². The molecule has 0 fully saturated rings. The van der Waals surface area contributed by atoms with Crippen LogP contribution in [0, 0.1) is 6.92 Å². The number of ether oxygens (including phenoxy) is 1. The van der Waals surface area contributed by atoms with Crippen LogP contribution in [-0.4, -0.2) is 22.2 Å². The number of carbonyl (C=O) groups is 1. The molecule has 0 saturated carbocycles. The number of halogens is 1. The number of rotatable bonds is 2. The zero-order chi connectivity index (χ0) is 16.7. The molecular weight excluding hydrogens is 318 g/mol. The van der Waals surface area contributed by atoms with Crippen molar-refractivity contribution in [1.82, 2.24) is 4.57 Å². The van der Waals surface area contributed by atoms with E-state index >= 15 is 0 Å². The molecule has 0 aliphatic carbocycles. The highest BCUT2D eigenvalue weighted by Gasteiger charge is 2.24. The molecule has 5 nitrogen and oxygen atoms in total. The van der Waals surface area contributed by atoms with Crippen LogP contribution in [0.15, 0.2) is 29.2 Å². The van der Waals surface area contributed by atoms with Gasteiger partial charge < -0.3 is 14.4 Å². The Balaban J connectivity index is 2.34. The number of aryl methyl sites for hydroxylation is 1. The van der Waals surface area contributed by atoms with Gasteiger partial charge in [0.05, 0.1) is 11.7 Å². The van der Waals surface area contributed by atoms with Gasteiger partial charge in [-0.25, -0.2) is 4.79 Å². The maximum absolute atomic E-state index is 12.1. The Kier molecular flexibility index (Phi) is 3.90. The monoisotopic (exact) mass is 333 g/mol. The molecule has 0 amide bonds. The van der Waals surface area contributed by atoms with E-state index in [-0.39, 0.29) is 11.6 Å². The number of nitrogens with zero attached hydrogens (tertiary/aromatic N) is 1. The fourth-order valence-electron chi connectivity index (χ4n) is 2.78. The van der Waals surface area contributed by atoms with Gasteiger partial charge >= 0.3 is 5.97 Å². The Morgan fingerprint density at radius 2 is 2.17 bits per heavy atom. The number of pyridine rings is 1. The Labute approximate surface area is 138 Å². The van der Waals surface area contributed by atoms with E-state index in [0.29, 0.717) is 28.6 Å². The Bertz CT molecular complexity index is 856. The minimum atomic E-state index is -1.23. The number of carboxylic acid groups (broad SMARTS) is 1. The molecule has 2 aromatic rings. The van der Waals surface area contributed by atoms with Gasteiger partial charge in [-0.1, -0.05) is 18.5 Å². The van der Waals surface area contributed by atoms with Gasteiger partial charge in [-0.05, 0) is 31.0 Å². The maximum atomic E-state index is 12.1. The molecule has 1 unspecified atom stereocenters. The highest BCUT2D eigenvalue weighted by atomic mass is 35.5. The lowest BCUT2D eigenvalue weighted by atomic mass is 10.1. The van der Waals surface area contributed by atoms with Gasteiger partial charge in [0.2, 0.25) is 0 Å². The second-order valence-electron chi connectivity index (χ2n) is 5.62. The zero-order valence-corrected chi connectivity index (χ0v) is 13.6. The Hall–Kier alpha value is -2.27. The Morgan fingerprint density at radius 1 is 1.43 bits per heavy atom. The molecule has 0 radical (unpaired) electrons. The van der Waals surface area contributed by atoms with Crippen LogP contribution in [0.1, 0.15) is 35.3 Å². The summed E-state index contributed by atoms with van der Waals surface area (Å²) >= 11 is 6.22. The van der Waals surface area contributed by atoms with Crippen LogP contribution >= 0.6 is 11.6 Å². The van der Waals surface area contributed by atoms with E-state index in [1.807, 2.05) is 24.5 Å². The highest BCUT2D eigenvalue weighted by Crippen LogP contribution is 2.38. The van der Waals surface area contributed by atoms with Crippen molar-refractivity contribution in [2.45, 2.75) is 26.3 Å². The average Bonchev–Trinajstić information content (AvgIpc) is 2.64. The summed E-state index contributed by atoms with van der Waals surface area (Å²) < 4.78 is 7.69. The topological polar surface area (TPSA) is 68.5 Å². The number of benzene rings is 1. The standard InChI is InChI=1S/C17H16ClNO4/c1-3-10-8-23-16-4-9(2)13(18)5-11(16)14-6-15(20)12(17(21)22)7-19(10)14/h4-7,10H,3,8H2,1-2H3,(H,21,22). The van der Waals surface area contributed by atoms with E-state index in [0.717, 1.165) is 12.0 Å². The van der Waals surface area contributed by atoms with E-state index in [2.05, 4.69) is 0 Å². The molecule has 120 valence electrons. The number of hydrogen-bond donors (Lipinski definition) is 1. The third-order valence-electron chi connectivity index (χ3n) is 4.14. The van der Waals surface area contributed by atoms with Crippen LogP contribution in [-0.2, 0) is 0 Å². The van der Waals surface area contributed by atoms with E-state index in [1.165, 1.54) is 12.3 Å². The second kappa shape index (κ2) is 5.74. The van der Waals surface area contributed by atoms with Crippen molar-refractivity contribution in [2.75, 3.05) is 6.61 Å². The van der Waals surface area contributed by atoms with Gasteiger partial charge in [0.1, 0.15) is 17.9 Å². The summed E-state index contributed by atoms with van der Waals surface area (Å²) in [6.07, 6.45) is 2.15. The van der Waals surface area contributed by atoms with Crippen molar-refractivity contribution in [3.8, 4) is 17.0 Å². The first-order valence-corrected chi connectivity index (χ1v) is 7.73. The Morgan fingerprint density at radius 3 is 2.83 bits per heavy atom. The number of fused-ring (bicyclic) bond motifs is 3. The van der Waals surface area contributed by atoms with Crippen LogP contribution in [0.4, 0.5) is 0 Å². The molecule has 0 saturated heterocycles. The summed E-state index contributed by atoms with van der Waals surface area (Å²) in [6, 6.07) is 4.90. The third-order valence-corrected chi connectivity index (χ3v) is 4.55. The van der Waals surface area contributed by atoms with Crippen molar-refractivity contribution in [1.29, 1.82) is 0 Å². The second-order valence-corrected chi connectivity index (χ2v) is 6.03. The molecule has 6 heteroatoms. The van der Waals surface area contributed by atoms with Crippen LogP contribution in [0.5, 0.6) is 5.75 Å². The molecular formula is C17H16ClNO4. The van der Waals surface area contributed by atoms with Crippen LogP contribution in [0.2, 0.25) is 5.02 Å². The number of hydrogen-bond acceptors (Lipinski definition) is 3. The van der Waals surface area contributed by atoms with E-state index < -0.39 is 11.4 Å². The lowest BCUT2D eigenvalue weighted by Gasteiger charge is -2.19. The van der Waals surface area contributed by atoms with Crippen molar-refractivity contribution in [3.05, 3.63) is 50.8 Å². The van der Waals surface area contributed by atoms with Crippen molar-refractivity contribution in [2.24, 2.45) is 0 Å². The lowest BCUT2D eigenvalue weighted by Crippen LogP contribution is -2.22. The summed E-state index contributed by atoms with van der Waals surface area (Å²) in [5.74, 6) is -0.577. The minimum Gasteiger partial charge on any atom is -0.491 e. The number of carboxylic acids is 1. The molecule has 1 aromatic heterocycles. The van der Waals surface area contributed by atoms with Crippen LogP contribution in [0.3, 0.4) is 0 Å². The lowest BCUT2D eigenvalue weighted by molar-refractivity contribution is 0.0694. The summed E-state index contributed by atoms with van der Waals surface area (Å²) in [7, 11) is 0. The van der Waals surface area contributed by atoms with Gasteiger partial charge in [0.15, 0.2) is 5.43 Å². The van der Waals surface area contributed by atoms with Crippen LogP contribution < -0.4 is 10.2 Å².